The highest BCUT2D eigenvalue weighted by Gasteiger charge is 2.78. The molecule has 2 bridgehead atoms. The quantitative estimate of drug-likeness (QED) is 0.315. The monoisotopic (exact) mass is 550 g/mol. The molecule has 2 aromatic rings. The van der Waals surface area contributed by atoms with Gasteiger partial charge in [-0.15, -0.1) is 18.3 Å². The summed E-state index contributed by atoms with van der Waals surface area (Å²) in [4.78, 5) is 47.2. The van der Waals surface area contributed by atoms with Gasteiger partial charge >= 0.3 is 0 Å². The highest BCUT2D eigenvalue weighted by atomic mass is 16.5. The van der Waals surface area contributed by atoms with Crippen molar-refractivity contribution in [2.45, 2.75) is 56.5 Å². The highest BCUT2D eigenvalue weighted by molar-refractivity contribution is 5.99. The van der Waals surface area contributed by atoms with E-state index in [2.05, 4.69) is 23.5 Å². The van der Waals surface area contributed by atoms with Crippen LogP contribution in [0.5, 0.6) is 0 Å². The minimum absolute atomic E-state index is 0.0147. The van der Waals surface area contributed by atoms with E-state index in [1.807, 2.05) is 31.2 Å². The van der Waals surface area contributed by atoms with E-state index in [1.54, 1.807) is 38.6 Å². The van der Waals surface area contributed by atoms with Crippen molar-refractivity contribution in [1.82, 2.24) is 29.7 Å². The maximum atomic E-state index is 14.5. The third-order valence-corrected chi connectivity index (χ3v) is 8.75. The van der Waals surface area contributed by atoms with Crippen LogP contribution in [-0.2, 0) is 25.8 Å². The second-order valence-electron chi connectivity index (χ2n) is 11.3. The summed E-state index contributed by atoms with van der Waals surface area (Å²) < 4.78 is 8.37. The summed E-state index contributed by atoms with van der Waals surface area (Å²) in [6, 6.07) is 6.59. The molecular weight excluding hydrogens is 512 g/mol. The fraction of sp³-hybridized carbons (Fsp3) is 0.552. The van der Waals surface area contributed by atoms with Gasteiger partial charge in [0.05, 0.1) is 23.0 Å². The van der Waals surface area contributed by atoms with Crippen LogP contribution in [0.4, 0.5) is 0 Å². The van der Waals surface area contributed by atoms with Crippen molar-refractivity contribution in [2.75, 3.05) is 33.3 Å². The Morgan fingerprint density at radius 2 is 1.93 bits per heavy atom. The number of unbranched alkanes of at least 4 members (excludes halogenated alkanes) is 1. The van der Waals surface area contributed by atoms with Gasteiger partial charge in [-0.3, -0.25) is 14.4 Å². The van der Waals surface area contributed by atoms with Gasteiger partial charge in [0.15, 0.2) is 0 Å². The Morgan fingerprint density at radius 3 is 2.65 bits per heavy atom. The number of likely N-dealkylation sites (N-methyl/N-ethyl adjacent to an activating group) is 1. The van der Waals surface area contributed by atoms with E-state index in [4.69, 9.17) is 4.74 Å². The zero-order valence-corrected chi connectivity index (χ0v) is 23.2. The zero-order chi connectivity index (χ0) is 28.7. The first-order valence-corrected chi connectivity index (χ1v) is 13.9. The van der Waals surface area contributed by atoms with E-state index in [0.29, 0.717) is 37.7 Å². The number of rotatable bonds is 12. The normalized spacial score (nSPS) is 28.6. The molecule has 11 heteroatoms. The molecule has 214 valence electrons. The van der Waals surface area contributed by atoms with Crippen LogP contribution >= 0.6 is 0 Å². The van der Waals surface area contributed by atoms with Crippen LogP contribution < -0.4 is 0 Å². The van der Waals surface area contributed by atoms with Gasteiger partial charge in [-0.05, 0) is 44.7 Å². The van der Waals surface area contributed by atoms with Crippen LogP contribution in [0, 0.1) is 11.8 Å². The number of aliphatic hydroxyl groups is 1. The minimum Gasteiger partial charge on any atom is -0.396 e. The van der Waals surface area contributed by atoms with Crippen LogP contribution in [0.3, 0.4) is 0 Å². The number of para-hydroxylation sites is 1. The van der Waals surface area contributed by atoms with E-state index >= 15 is 0 Å². The van der Waals surface area contributed by atoms with Crippen molar-refractivity contribution >= 4 is 28.8 Å². The summed E-state index contributed by atoms with van der Waals surface area (Å²) in [5.41, 5.74) is -0.483. The molecule has 11 nitrogen and oxygen atoms in total. The van der Waals surface area contributed by atoms with Gasteiger partial charge in [-0.1, -0.05) is 29.5 Å². The van der Waals surface area contributed by atoms with Gasteiger partial charge in [-0.2, -0.15) is 0 Å². The Bertz CT molecular complexity index is 1330. The van der Waals surface area contributed by atoms with Crippen LogP contribution in [-0.4, -0.2) is 103 Å². The summed E-state index contributed by atoms with van der Waals surface area (Å²) in [6.07, 6.45) is 5.37. The molecule has 3 fully saturated rings. The number of carbonyl (C=O) groups is 3. The van der Waals surface area contributed by atoms with Gasteiger partial charge in [0.25, 0.3) is 0 Å². The molecule has 3 aliphatic heterocycles. The minimum atomic E-state index is -1.12. The molecule has 0 saturated carbocycles. The zero-order valence-electron chi connectivity index (χ0n) is 23.2. The summed E-state index contributed by atoms with van der Waals surface area (Å²) in [7, 11) is 1.70. The molecule has 0 radical (unpaired) electrons. The molecular formula is C29H38N6O5. The van der Waals surface area contributed by atoms with Gasteiger partial charge in [-0.25, -0.2) is 4.68 Å². The Morgan fingerprint density at radius 1 is 1.18 bits per heavy atom. The predicted molar refractivity (Wildman–Crippen MR) is 148 cm³/mol. The fourth-order valence-electron chi connectivity index (χ4n) is 6.97. The molecule has 1 N–H and O–H groups in total. The average molecular weight is 551 g/mol. The van der Waals surface area contributed by atoms with Crippen LogP contribution in [0.1, 0.15) is 32.6 Å². The van der Waals surface area contributed by atoms with Crippen molar-refractivity contribution in [3.05, 3.63) is 49.6 Å². The Labute approximate surface area is 234 Å². The van der Waals surface area contributed by atoms with Crippen molar-refractivity contribution in [1.29, 1.82) is 0 Å². The van der Waals surface area contributed by atoms with Gasteiger partial charge in [0.1, 0.15) is 23.8 Å². The topological polar surface area (TPSA) is 121 Å². The molecule has 0 aliphatic carbocycles. The van der Waals surface area contributed by atoms with E-state index in [9.17, 15) is 19.5 Å². The first kappa shape index (κ1) is 28.0. The number of aromatic nitrogens is 3. The molecule has 4 heterocycles. The predicted octanol–water partition coefficient (Wildman–Crippen LogP) is 1.59. The summed E-state index contributed by atoms with van der Waals surface area (Å²) >= 11 is 0. The molecule has 5 rings (SSSR count). The number of carbonyl (C=O) groups excluding carboxylic acids is 3. The first-order chi connectivity index (χ1) is 19.2. The van der Waals surface area contributed by atoms with E-state index in [0.717, 1.165) is 5.52 Å². The summed E-state index contributed by atoms with van der Waals surface area (Å²) in [5.74, 6) is -2.18. The summed E-state index contributed by atoms with van der Waals surface area (Å²) in [5, 5.41) is 17.9. The second kappa shape index (κ2) is 10.8. The smallest absolute Gasteiger partial charge is 0.250 e. The molecule has 5 atom stereocenters. The molecule has 3 saturated heterocycles. The largest absolute Gasteiger partial charge is 0.396 e. The SMILES string of the molecule is C=CCN(C)C(=O)[C@H]1[C@H]2C(=O)N(CCCCO)C(C(=O)N(CC=C)Cn3nnc4ccccc43)C23CC[C@]1(C)O3. The third-order valence-electron chi connectivity index (χ3n) is 8.75. The third kappa shape index (κ3) is 4.32. The summed E-state index contributed by atoms with van der Waals surface area (Å²) in [6.45, 7) is 10.4. The van der Waals surface area contributed by atoms with E-state index in [1.165, 1.54) is 0 Å². The maximum Gasteiger partial charge on any atom is 0.250 e. The lowest BCUT2D eigenvalue weighted by molar-refractivity contribution is -0.154. The Hall–Kier alpha value is -3.57. The molecule has 1 aromatic heterocycles. The molecule has 3 amide bonds. The Kier molecular flexibility index (Phi) is 7.54. The van der Waals surface area contributed by atoms with E-state index in [-0.39, 0.29) is 44.1 Å². The van der Waals surface area contributed by atoms with Crippen molar-refractivity contribution in [3.63, 3.8) is 0 Å². The van der Waals surface area contributed by atoms with Gasteiger partial charge in [0.2, 0.25) is 17.7 Å². The number of amides is 3. The fourth-order valence-corrected chi connectivity index (χ4v) is 6.97. The Balaban J connectivity index is 1.53. The van der Waals surface area contributed by atoms with E-state index < -0.39 is 29.1 Å². The van der Waals surface area contributed by atoms with Crippen molar-refractivity contribution < 1.29 is 24.2 Å². The van der Waals surface area contributed by atoms with Crippen LogP contribution in [0.15, 0.2) is 49.6 Å². The van der Waals surface area contributed by atoms with Crippen molar-refractivity contribution in [3.8, 4) is 0 Å². The number of ether oxygens (including phenoxy) is 1. The molecule has 1 aromatic carbocycles. The number of benzene rings is 1. The first-order valence-electron chi connectivity index (χ1n) is 13.9. The van der Waals surface area contributed by atoms with Crippen molar-refractivity contribution in [2.24, 2.45) is 11.8 Å². The standard InChI is InChI=1S/C29H38N6O5/c1-5-15-32(4)25(37)22-23-26(38)34(17-9-10-18-36)24(29(23)14-13-28(22,3)40-29)27(39)33(16-6-2)19-35-21-12-8-7-11-20(21)30-31-35/h5-8,11-12,22-24,36H,1-2,9-10,13-19H2,3-4H3/t22-,23+,24?,28+,29?/m1/s1. The second-order valence-corrected chi connectivity index (χ2v) is 11.3. The van der Waals surface area contributed by atoms with Crippen LogP contribution in [0.25, 0.3) is 11.0 Å². The lowest BCUT2D eigenvalue weighted by atomic mass is 9.66. The highest BCUT2D eigenvalue weighted by Crippen LogP contribution is 2.63. The molecule has 40 heavy (non-hydrogen) atoms. The number of nitrogens with zero attached hydrogens (tertiary/aromatic N) is 6. The number of hydrogen-bond donors (Lipinski definition) is 1. The average Bonchev–Trinajstić information content (AvgIpc) is 3.64. The van der Waals surface area contributed by atoms with Crippen LogP contribution in [0.2, 0.25) is 0 Å². The molecule has 1 spiro atoms. The number of likely N-dealkylation sites (tertiary alicyclic amines) is 1. The molecule has 3 aliphatic rings. The molecule has 2 unspecified atom stereocenters. The van der Waals surface area contributed by atoms with Gasteiger partial charge < -0.3 is 24.5 Å². The number of aliphatic hydroxyl groups excluding tert-OH is 1. The van der Waals surface area contributed by atoms with Gasteiger partial charge in [0, 0.05) is 33.3 Å². The number of hydrogen-bond acceptors (Lipinski definition) is 7. The lowest BCUT2D eigenvalue weighted by Gasteiger charge is -2.36. The number of fused-ring (bicyclic) bond motifs is 2. The lowest BCUT2D eigenvalue weighted by Crippen LogP contribution is -2.56. The maximum absolute atomic E-state index is 14.5.